The van der Waals surface area contributed by atoms with Crippen LogP contribution in [0.25, 0.3) is 0 Å². The van der Waals surface area contributed by atoms with Crippen LogP contribution in [0.1, 0.15) is 79.1 Å². The maximum absolute atomic E-state index is 13.2. The van der Waals surface area contributed by atoms with Gasteiger partial charge in [0.25, 0.3) is 0 Å². The van der Waals surface area contributed by atoms with E-state index >= 15 is 0 Å². The zero-order chi connectivity index (χ0) is 18.9. The molecule has 0 aromatic carbocycles. The number of nitrogens with one attached hydrogen (secondary N) is 1. The number of carbonyl (C=O) groups is 3. The molecule has 0 aliphatic heterocycles. The van der Waals surface area contributed by atoms with Crippen molar-refractivity contribution in [1.82, 2.24) is 5.32 Å². The molecule has 4 aliphatic rings. The summed E-state index contributed by atoms with van der Waals surface area (Å²) in [6.45, 7) is 8.16. The molecule has 4 fully saturated rings. The second-order valence-corrected chi connectivity index (χ2v) is 10.5. The molecule has 1 amide bonds. The monoisotopic (exact) mass is 359 g/mol. The standard InChI is InChI=1S/C22H33NO3/c1-13(24)23-20(2)9-10-21(3)16-7-8-22(4)15(5-6-19(22)26)14(16)11-18(25)17(21)12-20/h14-17H,5-12H2,1-4H3,(H,23,24)/t14-,15-,16-,17?,20?,21+,22-/m0/s1. The van der Waals surface area contributed by atoms with Gasteiger partial charge in [0, 0.05) is 36.6 Å². The van der Waals surface area contributed by atoms with Crippen LogP contribution in [0.3, 0.4) is 0 Å². The van der Waals surface area contributed by atoms with Crippen LogP contribution in [0.15, 0.2) is 0 Å². The summed E-state index contributed by atoms with van der Waals surface area (Å²) in [6, 6.07) is 0. The molecule has 144 valence electrons. The van der Waals surface area contributed by atoms with Gasteiger partial charge in [-0.2, -0.15) is 0 Å². The molecule has 7 atom stereocenters. The molecule has 0 heterocycles. The van der Waals surface area contributed by atoms with E-state index in [1.54, 1.807) is 6.92 Å². The van der Waals surface area contributed by atoms with E-state index < -0.39 is 0 Å². The van der Waals surface area contributed by atoms with Crippen molar-refractivity contribution in [2.45, 2.75) is 84.6 Å². The third-order valence-corrected chi connectivity index (χ3v) is 8.96. The summed E-state index contributed by atoms with van der Waals surface area (Å²) in [5.41, 5.74) is -0.403. The Morgan fingerprint density at radius 2 is 1.77 bits per heavy atom. The van der Waals surface area contributed by atoms with Crippen molar-refractivity contribution in [3.63, 3.8) is 0 Å². The van der Waals surface area contributed by atoms with Gasteiger partial charge in [-0.3, -0.25) is 14.4 Å². The Hall–Kier alpha value is -1.19. The molecule has 0 aromatic rings. The van der Waals surface area contributed by atoms with Crippen molar-refractivity contribution in [3.05, 3.63) is 0 Å². The summed E-state index contributed by atoms with van der Waals surface area (Å²) in [7, 11) is 0. The molecule has 4 saturated carbocycles. The fourth-order valence-electron chi connectivity index (χ4n) is 7.51. The van der Waals surface area contributed by atoms with Crippen LogP contribution < -0.4 is 5.32 Å². The Morgan fingerprint density at radius 1 is 1.04 bits per heavy atom. The molecular weight excluding hydrogens is 326 g/mol. The molecule has 4 rings (SSSR count). The smallest absolute Gasteiger partial charge is 0.217 e. The zero-order valence-electron chi connectivity index (χ0n) is 16.7. The normalized spacial score (nSPS) is 50.6. The first kappa shape index (κ1) is 18.2. The van der Waals surface area contributed by atoms with E-state index in [4.69, 9.17) is 0 Å². The maximum atomic E-state index is 13.2. The number of carbonyl (C=O) groups excluding carboxylic acids is 3. The fraction of sp³-hybridized carbons (Fsp3) is 0.864. The number of ketones is 2. The quantitative estimate of drug-likeness (QED) is 0.777. The van der Waals surface area contributed by atoms with E-state index in [9.17, 15) is 14.4 Å². The fourth-order valence-corrected chi connectivity index (χ4v) is 7.51. The minimum atomic E-state index is -0.259. The molecule has 4 aliphatic carbocycles. The molecule has 0 radical (unpaired) electrons. The Kier molecular flexibility index (Phi) is 3.95. The Labute approximate surface area is 156 Å². The Morgan fingerprint density at radius 3 is 2.46 bits per heavy atom. The van der Waals surface area contributed by atoms with Crippen LogP contribution in [-0.4, -0.2) is 23.0 Å². The van der Waals surface area contributed by atoms with Crippen molar-refractivity contribution in [1.29, 1.82) is 0 Å². The summed E-state index contributed by atoms with van der Waals surface area (Å²) >= 11 is 0. The lowest BCUT2D eigenvalue weighted by Gasteiger charge is -2.60. The van der Waals surface area contributed by atoms with Crippen LogP contribution in [0.2, 0.25) is 0 Å². The van der Waals surface area contributed by atoms with Crippen LogP contribution in [-0.2, 0) is 14.4 Å². The van der Waals surface area contributed by atoms with Crippen molar-refractivity contribution in [2.75, 3.05) is 0 Å². The predicted molar refractivity (Wildman–Crippen MR) is 99.3 cm³/mol. The summed E-state index contributed by atoms with van der Waals surface area (Å²) in [6.07, 6.45) is 7.13. The van der Waals surface area contributed by atoms with Crippen LogP contribution >= 0.6 is 0 Å². The van der Waals surface area contributed by atoms with Crippen LogP contribution in [0.4, 0.5) is 0 Å². The molecule has 0 aromatic heterocycles. The second-order valence-electron chi connectivity index (χ2n) is 10.5. The van der Waals surface area contributed by atoms with Crippen molar-refractivity contribution in [3.8, 4) is 0 Å². The minimum absolute atomic E-state index is 0.00450. The van der Waals surface area contributed by atoms with E-state index in [2.05, 4.69) is 26.1 Å². The highest BCUT2D eigenvalue weighted by atomic mass is 16.1. The van der Waals surface area contributed by atoms with E-state index in [0.29, 0.717) is 42.2 Å². The van der Waals surface area contributed by atoms with E-state index in [-0.39, 0.29) is 28.2 Å². The molecule has 26 heavy (non-hydrogen) atoms. The van der Waals surface area contributed by atoms with Crippen molar-refractivity contribution < 1.29 is 14.4 Å². The summed E-state index contributed by atoms with van der Waals surface area (Å²) in [5.74, 6) is 2.20. The number of rotatable bonds is 1. The first-order chi connectivity index (χ1) is 12.1. The first-order valence-corrected chi connectivity index (χ1v) is 10.4. The third kappa shape index (κ3) is 2.43. The van der Waals surface area contributed by atoms with Gasteiger partial charge >= 0.3 is 0 Å². The highest BCUT2D eigenvalue weighted by Gasteiger charge is 2.63. The highest BCUT2D eigenvalue weighted by molar-refractivity contribution is 5.88. The Balaban J connectivity index is 1.63. The van der Waals surface area contributed by atoms with Crippen LogP contribution in [0.5, 0.6) is 0 Å². The Bertz CT molecular complexity index is 672. The number of hydrogen-bond acceptors (Lipinski definition) is 3. The van der Waals surface area contributed by atoms with Crippen molar-refractivity contribution in [2.24, 2.45) is 34.5 Å². The number of fused-ring (bicyclic) bond motifs is 5. The zero-order valence-corrected chi connectivity index (χ0v) is 16.7. The largest absolute Gasteiger partial charge is 0.351 e. The summed E-state index contributed by atoms with van der Waals surface area (Å²) in [4.78, 5) is 37.4. The van der Waals surface area contributed by atoms with Gasteiger partial charge in [-0.1, -0.05) is 13.8 Å². The molecule has 2 unspecified atom stereocenters. The van der Waals surface area contributed by atoms with Gasteiger partial charge in [-0.25, -0.2) is 0 Å². The van der Waals surface area contributed by atoms with E-state index in [1.165, 1.54) is 0 Å². The van der Waals surface area contributed by atoms with Crippen molar-refractivity contribution >= 4 is 17.5 Å². The average Bonchev–Trinajstić information content (AvgIpc) is 2.85. The number of amides is 1. The maximum Gasteiger partial charge on any atom is 0.217 e. The van der Waals surface area contributed by atoms with Gasteiger partial charge in [0.15, 0.2) is 0 Å². The lowest BCUT2D eigenvalue weighted by atomic mass is 9.44. The first-order valence-electron chi connectivity index (χ1n) is 10.4. The second kappa shape index (κ2) is 5.65. The molecular formula is C22H33NO3. The molecule has 0 bridgehead atoms. The van der Waals surface area contributed by atoms with Gasteiger partial charge in [0.2, 0.25) is 5.91 Å². The summed E-state index contributed by atoms with van der Waals surface area (Å²) in [5, 5.41) is 3.11. The van der Waals surface area contributed by atoms with Crippen LogP contribution in [0, 0.1) is 34.5 Å². The van der Waals surface area contributed by atoms with Gasteiger partial charge < -0.3 is 5.32 Å². The lowest BCUT2D eigenvalue weighted by molar-refractivity contribution is -0.159. The minimum Gasteiger partial charge on any atom is -0.351 e. The molecule has 4 nitrogen and oxygen atoms in total. The molecule has 1 N–H and O–H groups in total. The van der Waals surface area contributed by atoms with Gasteiger partial charge in [-0.05, 0) is 68.6 Å². The number of hydrogen-bond donors (Lipinski definition) is 1. The van der Waals surface area contributed by atoms with Gasteiger partial charge in [-0.15, -0.1) is 0 Å². The third-order valence-electron chi connectivity index (χ3n) is 8.96. The topological polar surface area (TPSA) is 63.2 Å². The predicted octanol–water partition coefficient (Wildman–Crippen LogP) is 3.67. The number of Topliss-reactive ketones (excluding diaryl/α,β-unsaturated/α-hetero) is 2. The molecule has 0 saturated heterocycles. The SMILES string of the molecule is CC(=O)NC1(C)CC[C@@]2(C)C(C1)C(=O)C[C@@H]1[C@@H]2CC[C@]2(C)C(=O)CC[C@@H]12. The average molecular weight is 360 g/mol. The van der Waals surface area contributed by atoms with Gasteiger partial charge in [0.05, 0.1) is 0 Å². The van der Waals surface area contributed by atoms with E-state index in [0.717, 1.165) is 38.5 Å². The lowest BCUT2D eigenvalue weighted by Crippen LogP contribution is -2.61. The highest BCUT2D eigenvalue weighted by Crippen LogP contribution is 2.65. The molecule has 4 heteroatoms. The summed E-state index contributed by atoms with van der Waals surface area (Å²) < 4.78 is 0. The molecule has 0 spiro atoms. The van der Waals surface area contributed by atoms with E-state index in [1.807, 2.05) is 0 Å². The van der Waals surface area contributed by atoms with Gasteiger partial charge in [0.1, 0.15) is 11.6 Å².